The summed E-state index contributed by atoms with van der Waals surface area (Å²) >= 11 is 5.91. The Kier molecular flexibility index (Phi) is 5.35. The first-order chi connectivity index (χ1) is 11.7. The van der Waals surface area contributed by atoms with Gasteiger partial charge in [-0.1, -0.05) is 23.7 Å². The third-order valence-corrected chi connectivity index (χ3v) is 4.18. The Bertz CT molecular complexity index is 688. The molecule has 1 heterocycles. The van der Waals surface area contributed by atoms with Crippen molar-refractivity contribution in [3.63, 3.8) is 0 Å². The average molecular weight is 346 g/mol. The van der Waals surface area contributed by atoms with Gasteiger partial charge in [-0.25, -0.2) is 10.9 Å². The van der Waals surface area contributed by atoms with Gasteiger partial charge in [-0.2, -0.15) is 0 Å². The highest BCUT2D eigenvalue weighted by atomic mass is 35.5. The van der Waals surface area contributed by atoms with Crippen LogP contribution in [0.5, 0.6) is 5.75 Å². The number of hydrazine groups is 1. The number of carbonyl (C=O) groups is 1. The van der Waals surface area contributed by atoms with Crippen LogP contribution in [0.25, 0.3) is 0 Å². The second-order valence-corrected chi connectivity index (χ2v) is 6.06. The van der Waals surface area contributed by atoms with E-state index in [1.807, 2.05) is 55.5 Å². The van der Waals surface area contributed by atoms with Crippen molar-refractivity contribution in [3.8, 4) is 5.75 Å². The van der Waals surface area contributed by atoms with Crippen LogP contribution in [0, 0.1) is 0 Å². The summed E-state index contributed by atoms with van der Waals surface area (Å²) in [5.41, 5.74) is 8.06. The summed E-state index contributed by atoms with van der Waals surface area (Å²) in [7, 11) is 0. The van der Waals surface area contributed by atoms with Crippen LogP contribution < -0.4 is 20.9 Å². The van der Waals surface area contributed by atoms with Crippen molar-refractivity contribution in [1.29, 1.82) is 0 Å². The lowest BCUT2D eigenvalue weighted by Gasteiger charge is -2.11. The third-order valence-electron chi connectivity index (χ3n) is 3.92. The molecule has 1 fully saturated rings. The molecular weight excluding hydrogens is 326 g/mol. The summed E-state index contributed by atoms with van der Waals surface area (Å²) in [5.74, 6) is 0.724. The van der Waals surface area contributed by atoms with E-state index in [1.165, 1.54) is 0 Å². The van der Waals surface area contributed by atoms with Gasteiger partial charge in [-0.15, -0.1) is 0 Å². The summed E-state index contributed by atoms with van der Waals surface area (Å²) in [6.45, 7) is 2.56. The Balaban J connectivity index is 1.57. The van der Waals surface area contributed by atoms with E-state index in [4.69, 9.17) is 16.3 Å². The molecule has 1 saturated heterocycles. The Hall–Kier alpha value is -2.08. The third kappa shape index (κ3) is 4.06. The number of nitrogens with one attached hydrogen (secondary N) is 3. The molecule has 1 aliphatic heterocycles. The second kappa shape index (κ2) is 7.66. The van der Waals surface area contributed by atoms with Crippen LogP contribution in [0.4, 0.5) is 5.69 Å². The van der Waals surface area contributed by atoms with E-state index in [-0.39, 0.29) is 18.0 Å². The molecule has 1 amide bonds. The molecule has 0 aromatic heterocycles. The Morgan fingerprint density at radius 3 is 2.54 bits per heavy atom. The maximum atomic E-state index is 12.4. The zero-order valence-electron chi connectivity index (χ0n) is 13.4. The molecule has 6 heteroatoms. The lowest BCUT2D eigenvalue weighted by atomic mass is 10.0. The number of ether oxygens (including phenoxy) is 1. The monoisotopic (exact) mass is 345 g/mol. The van der Waals surface area contributed by atoms with Crippen molar-refractivity contribution < 1.29 is 9.53 Å². The smallest absolute Gasteiger partial charge is 0.242 e. The molecule has 1 aliphatic rings. The predicted octanol–water partition coefficient (Wildman–Crippen LogP) is 3.29. The molecule has 0 bridgehead atoms. The second-order valence-electron chi connectivity index (χ2n) is 5.63. The van der Waals surface area contributed by atoms with E-state index >= 15 is 0 Å². The van der Waals surface area contributed by atoms with Crippen molar-refractivity contribution in [1.82, 2.24) is 10.9 Å². The van der Waals surface area contributed by atoms with E-state index in [1.54, 1.807) is 0 Å². The van der Waals surface area contributed by atoms with Crippen molar-refractivity contribution in [2.45, 2.75) is 25.4 Å². The van der Waals surface area contributed by atoms with Crippen molar-refractivity contribution in [2.24, 2.45) is 0 Å². The number of halogens is 1. The minimum Gasteiger partial charge on any atom is -0.494 e. The lowest BCUT2D eigenvalue weighted by molar-refractivity contribution is -0.117. The van der Waals surface area contributed by atoms with Crippen molar-refractivity contribution in [2.75, 3.05) is 11.9 Å². The first-order valence-corrected chi connectivity index (χ1v) is 8.33. The molecule has 0 aliphatic carbocycles. The number of hydrogen-bond acceptors (Lipinski definition) is 4. The van der Waals surface area contributed by atoms with Crippen molar-refractivity contribution >= 4 is 23.2 Å². The molecule has 2 aromatic carbocycles. The quantitative estimate of drug-likeness (QED) is 0.778. The molecule has 3 N–H and O–H groups in total. The topological polar surface area (TPSA) is 62.4 Å². The van der Waals surface area contributed by atoms with Gasteiger partial charge in [0.05, 0.1) is 6.61 Å². The van der Waals surface area contributed by atoms with Crippen LogP contribution in [0.2, 0.25) is 5.02 Å². The minimum absolute atomic E-state index is 0.0666. The van der Waals surface area contributed by atoms with Crippen LogP contribution in [0.15, 0.2) is 48.5 Å². The molecule has 24 heavy (non-hydrogen) atoms. The van der Waals surface area contributed by atoms with Crippen LogP contribution in [-0.4, -0.2) is 18.6 Å². The van der Waals surface area contributed by atoms with E-state index < -0.39 is 0 Å². The van der Waals surface area contributed by atoms with Gasteiger partial charge in [0.2, 0.25) is 5.91 Å². The van der Waals surface area contributed by atoms with E-state index in [0.29, 0.717) is 18.1 Å². The fraction of sp³-hybridized carbons (Fsp3) is 0.278. The average Bonchev–Trinajstić information content (AvgIpc) is 3.08. The molecule has 3 rings (SSSR count). The predicted molar refractivity (Wildman–Crippen MR) is 95.1 cm³/mol. The van der Waals surface area contributed by atoms with Gasteiger partial charge < -0.3 is 10.1 Å². The fourth-order valence-corrected chi connectivity index (χ4v) is 2.80. The van der Waals surface area contributed by atoms with Gasteiger partial charge in [-0.05, 0) is 55.3 Å². The van der Waals surface area contributed by atoms with Gasteiger partial charge in [0.25, 0.3) is 0 Å². The highest BCUT2D eigenvalue weighted by Crippen LogP contribution is 2.24. The molecule has 0 spiro atoms. The Morgan fingerprint density at radius 2 is 1.88 bits per heavy atom. The minimum atomic E-state index is -0.294. The first-order valence-electron chi connectivity index (χ1n) is 7.96. The number of amides is 1. The molecule has 2 aromatic rings. The van der Waals surface area contributed by atoms with Gasteiger partial charge in [0.15, 0.2) is 0 Å². The van der Waals surface area contributed by atoms with Crippen LogP contribution in [0.1, 0.15) is 24.9 Å². The Morgan fingerprint density at radius 1 is 1.17 bits per heavy atom. The molecule has 126 valence electrons. The molecule has 0 radical (unpaired) electrons. The molecule has 2 atom stereocenters. The summed E-state index contributed by atoms with van der Waals surface area (Å²) in [5, 5.41) is 3.62. The zero-order chi connectivity index (χ0) is 16.9. The van der Waals surface area contributed by atoms with Crippen LogP contribution >= 0.6 is 11.6 Å². The van der Waals surface area contributed by atoms with E-state index in [2.05, 4.69) is 16.2 Å². The molecular formula is C18H20ClN3O2. The van der Waals surface area contributed by atoms with E-state index in [0.717, 1.165) is 17.0 Å². The highest BCUT2D eigenvalue weighted by Gasteiger charge is 2.30. The maximum Gasteiger partial charge on any atom is 0.242 e. The number of benzene rings is 2. The van der Waals surface area contributed by atoms with Gasteiger partial charge >= 0.3 is 0 Å². The summed E-state index contributed by atoms with van der Waals surface area (Å²) in [4.78, 5) is 12.4. The lowest BCUT2D eigenvalue weighted by Crippen LogP contribution is -2.39. The largest absolute Gasteiger partial charge is 0.494 e. The molecule has 5 nitrogen and oxygen atoms in total. The maximum absolute atomic E-state index is 12.4. The van der Waals surface area contributed by atoms with Gasteiger partial charge in [0.1, 0.15) is 11.8 Å². The van der Waals surface area contributed by atoms with Crippen LogP contribution in [0.3, 0.4) is 0 Å². The summed E-state index contributed by atoms with van der Waals surface area (Å²) in [6, 6.07) is 14.8. The van der Waals surface area contributed by atoms with Crippen LogP contribution in [-0.2, 0) is 4.79 Å². The number of rotatable bonds is 5. The fourth-order valence-electron chi connectivity index (χ4n) is 2.67. The zero-order valence-corrected chi connectivity index (χ0v) is 14.1. The highest BCUT2D eigenvalue weighted by molar-refractivity contribution is 6.30. The van der Waals surface area contributed by atoms with E-state index in [9.17, 15) is 4.79 Å². The SMILES string of the molecule is CCOc1ccc(NC(=O)C2CC(c3ccc(Cl)cc3)NN2)cc1. The summed E-state index contributed by atoms with van der Waals surface area (Å²) < 4.78 is 5.39. The van der Waals surface area contributed by atoms with Gasteiger partial charge in [0, 0.05) is 16.8 Å². The van der Waals surface area contributed by atoms with Gasteiger partial charge in [-0.3, -0.25) is 4.79 Å². The number of hydrogen-bond donors (Lipinski definition) is 3. The number of carbonyl (C=O) groups excluding carboxylic acids is 1. The molecule has 0 saturated carbocycles. The molecule has 2 unspecified atom stereocenters. The normalized spacial score (nSPS) is 19.9. The Labute approximate surface area is 146 Å². The number of anilines is 1. The standard InChI is InChI=1S/C18H20ClN3O2/c1-2-24-15-9-7-14(8-10-15)20-18(23)17-11-16(21-22-17)12-3-5-13(19)6-4-12/h3-10,16-17,21-22H,2,11H2,1H3,(H,20,23). The summed E-state index contributed by atoms with van der Waals surface area (Å²) in [6.07, 6.45) is 0.671. The van der Waals surface area contributed by atoms with Crippen molar-refractivity contribution in [3.05, 3.63) is 59.1 Å². The first kappa shape index (κ1) is 16.8.